The Balaban J connectivity index is 1.54. The number of hydrogen-bond donors (Lipinski definition) is 0. The van der Waals surface area contributed by atoms with E-state index < -0.39 is 0 Å². The molecule has 146 valence electrons. The summed E-state index contributed by atoms with van der Waals surface area (Å²) in [5.41, 5.74) is 0.858. The van der Waals surface area contributed by atoms with Gasteiger partial charge in [0.15, 0.2) is 5.16 Å². The summed E-state index contributed by atoms with van der Waals surface area (Å²) in [4.78, 5) is 20.4. The first-order valence-corrected chi connectivity index (χ1v) is 11.1. The number of aromatic nitrogens is 2. The third-order valence-corrected chi connectivity index (χ3v) is 6.85. The molecule has 6 heteroatoms. The maximum absolute atomic E-state index is 13.1. The molecule has 1 aromatic carbocycles. The third-order valence-electron chi connectivity index (χ3n) is 5.84. The molecule has 0 radical (unpaired) electrons. The van der Waals surface area contributed by atoms with Crippen molar-refractivity contribution in [3.63, 3.8) is 0 Å². The number of hydrogen-bond acceptors (Lipinski definition) is 5. The molecule has 0 spiro atoms. The number of fused-ring (bicyclic) bond motifs is 1. The van der Waals surface area contributed by atoms with Crippen LogP contribution in [0.25, 0.3) is 10.9 Å². The van der Waals surface area contributed by atoms with Gasteiger partial charge in [0.25, 0.3) is 5.56 Å². The van der Waals surface area contributed by atoms with Crippen LogP contribution in [0.2, 0.25) is 0 Å². The standard InChI is InChI=1S/C21H29N3O2S/c1-23-12-5-4-7-16(23)11-14-27-21-22-19-10-3-2-9-18(19)20(25)24(21)15-17-8-6-13-26-17/h2-3,9-10,16-17H,4-8,11-15H2,1H3. The summed E-state index contributed by atoms with van der Waals surface area (Å²) in [6, 6.07) is 8.33. The molecule has 0 aliphatic carbocycles. The summed E-state index contributed by atoms with van der Waals surface area (Å²) in [7, 11) is 2.23. The van der Waals surface area contributed by atoms with E-state index in [0.29, 0.717) is 18.0 Å². The summed E-state index contributed by atoms with van der Waals surface area (Å²) in [6.45, 7) is 2.62. The maximum Gasteiger partial charge on any atom is 0.262 e. The molecule has 2 unspecified atom stereocenters. The number of nitrogens with zero attached hydrogens (tertiary/aromatic N) is 3. The second-order valence-electron chi connectivity index (χ2n) is 7.73. The van der Waals surface area contributed by atoms with Crippen molar-refractivity contribution < 1.29 is 4.74 Å². The van der Waals surface area contributed by atoms with Crippen LogP contribution in [-0.2, 0) is 11.3 Å². The Hall–Kier alpha value is -1.37. The Kier molecular flexibility index (Phi) is 6.15. The van der Waals surface area contributed by atoms with Gasteiger partial charge in [-0.1, -0.05) is 30.3 Å². The SMILES string of the molecule is CN1CCCCC1CCSc1nc2ccccc2c(=O)n1CC1CCCO1. The highest BCUT2D eigenvalue weighted by atomic mass is 32.2. The number of rotatable bonds is 6. The largest absolute Gasteiger partial charge is 0.376 e. The maximum atomic E-state index is 13.1. The van der Waals surface area contributed by atoms with Gasteiger partial charge in [-0.05, 0) is 57.8 Å². The average molecular weight is 388 g/mol. The second-order valence-corrected chi connectivity index (χ2v) is 8.79. The van der Waals surface area contributed by atoms with Crippen LogP contribution < -0.4 is 5.56 Å². The molecule has 2 saturated heterocycles. The van der Waals surface area contributed by atoms with Crippen LogP contribution in [0.15, 0.2) is 34.2 Å². The minimum absolute atomic E-state index is 0.0633. The molecule has 0 N–H and O–H groups in total. The number of likely N-dealkylation sites (tertiary alicyclic amines) is 1. The minimum atomic E-state index is 0.0633. The molecule has 3 heterocycles. The number of benzene rings is 1. The molecule has 2 aliphatic rings. The molecular formula is C21H29N3O2S. The summed E-state index contributed by atoms with van der Waals surface area (Å²) in [5.74, 6) is 0.991. The minimum Gasteiger partial charge on any atom is -0.376 e. The molecule has 0 bridgehead atoms. The summed E-state index contributed by atoms with van der Waals surface area (Å²) in [6.07, 6.45) is 7.31. The molecule has 2 aromatic rings. The molecule has 2 aliphatic heterocycles. The number of thioether (sulfide) groups is 1. The van der Waals surface area contributed by atoms with Crippen molar-refractivity contribution in [1.82, 2.24) is 14.5 Å². The van der Waals surface area contributed by atoms with Crippen molar-refractivity contribution in [2.24, 2.45) is 0 Å². The lowest BCUT2D eigenvalue weighted by molar-refractivity contribution is 0.0937. The van der Waals surface area contributed by atoms with E-state index in [0.717, 1.165) is 42.3 Å². The topological polar surface area (TPSA) is 47.4 Å². The van der Waals surface area contributed by atoms with E-state index in [1.807, 2.05) is 28.8 Å². The van der Waals surface area contributed by atoms with Crippen molar-refractivity contribution in [3.05, 3.63) is 34.6 Å². The third kappa shape index (κ3) is 4.39. The van der Waals surface area contributed by atoms with E-state index in [4.69, 9.17) is 9.72 Å². The van der Waals surface area contributed by atoms with Crippen molar-refractivity contribution in [2.75, 3.05) is 26.0 Å². The second kappa shape index (κ2) is 8.76. The lowest BCUT2D eigenvalue weighted by atomic mass is 10.0. The highest BCUT2D eigenvalue weighted by Gasteiger charge is 2.22. The van der Waals surface area contributed by atoms with E-state index >= 15 is 0 Å². The monoisotopic (exact) mass is 387 g/mol. The number of piperidine rings is 1. The van der Waals surface area contributed by atoms with Crippen LogP contribution in [-0.4, -0.2) is 52.5 Å². The van der Waals surface area contributed by atoms with Gasteiger partial charge >= 0.3 is 0 Å². The first-order valence-electron chi connectivity index (χ1n) is 10.2. The first-order chi connectivity index (χ1) is 13.2. The zero-order valence-corrected chi connectivity index (χ0v) is 16.9. The molecule has 5 nitrogen and oxygen atoms in total. The van der Waals surface area contributed by atoms with Crippen molar-refractivity contribution in [3.8, 4) is 0 Å². The van der Waals surface area contributed by atoms with Crippen molar-refractivity contribution >= 4 is 22.7 Å². The van der Waals surface area contributed by atoms with Gasteiger partial charge in [0.2, 0.25) is 0 Å². The van der Waals surface area contributed by atoms with Gasteiger partial charge in [0, 0.05) is 18.4 Å². The van der Waals surface area contributed by atoms with Gasteiger partial charge in [0.1, 0.15) is 0 Å². The first kappa shape index (κ1) is 19.0. The van der Waals surface area contributed by atoms with E-state index in [1.54, 1.807) is 11.8 Å². The van der Waals surface area contributed by atoms with E-state index in [-0.39, 0.29) is 11.7 Å². The van der Waals surface area contributed by atoms with Crippen LogP contribution in [0.4, 0.5) is 0 Å². The van der Waals surface area contributed by atoms with Crippen LogP contribution >= 0.6 is 11.8 Å². The molecule has 0 amide bonds. The smallest absolute Gasteiger partial charge is 0.262 e. The molecule has 2 fully saturated rings. The molecule has 4 rings (SSSR count). The number of para-hydroxylation sites is 1. The summed E-state index contributed by atoms with van der Waals surface area (Å²) < 4.78 is 7.64. The Bertz CT molecular complexity index is 832. The fraction of sp³-hybridized carbons (Fsp3) is 0.619. The number of ether oxygens (including phenoxy) is 1. The van der Waals surface area contributed by atoms with Crippen molar-refractivity contribution in [2.45, 2.75) is 62.4 Å². The van der Waals surface area contributed by atoms with Gasteiger partial charge in [-0.25, -0.2) is 4.98 Å². The van der Waals surface area contributed by atoms with Crippen LogP contribution in [0.1, 0.15) is 38.5 Å². The zero-order chi connectivity index (χ0) is 18.6. The fourth-order valence-electron chi connectivity index (χ4n) is 4.21. The van der Waals surface area contributed by atoms with Crippen molar-refractivity contribution in [1.29, 1.82) is 0 Å². The highest BCUT2D eigenvalue weighted by molar-refractivity contribution is 7.99. The summed E-state index contributed by atoms with van der Waals surface area (Å²) >= 11 is 1.72. The Labute approximate surface area is 165 Å². The normalized spacial score (nSPS) is 23.9. The molecule has 27 heavy (non-hydrogen) atoms. The summed E-state index contributed by atoms with van der Waals surface area (Å²) in [5, 5.41) is 1.54. The Morgan fingerprint density at radius 3 is 2.93 bits per heavy atom. The van der Waals surface area contributed by atoms with E-state index in [9.17, 15) is 4.79 Å². The van der Waals surface area contributed by atoms with Gasteiger partial charge in [-0.3, -0.25) is 9.36 Å². The fourth-order valence-corrected chi connectivity index (χ4v) is 5.25. The zero-order valence-electron chi connectivity index (χ0n) is 16.1. The molecule has 1 aromatic heterocycles. The van der Waals surface area contributed by atoms with Crippen LogP contribution in [0.3, 0.4) is 0 Å². The predicted molar refractivity (Wildman–Crippen MR) is 111 cm³/mol. The highest BCUT2D eigenvalue weighted by Crippen LogP contribution is 2.24. The van der Waals surface area contributed by atoms with E-state index in [2.05, 4.69) is 11.9 Å². The quantitative estimate of drug-likeness (QED) is 0.560. The Morgan fingerprint density at radius 2 is 2.11 bits per heavy atom. The Morgan fingerprint density at radius 1 is 1.22 bits per heavy atom. The van der Waals surface area contributed by atoms with E-state index in [1.165, 1.54) is 25.8 Å². The van der Waals surface area contributed by atoms with Gasteiger partial charge < -0.3 is 9.64 Å². The van der Waals surface area contributed by atoms with Gasteiger partial charge in [-0.2, -0.15) is 0 Å². The lowest BCUT2D eigenvalue weighted by Crippen LogP contribution is -2.36. The van der Waals surface area contributed by atoms with Gasteiger partial charge in [0.05, 0.1) is 23.6 Å². The van der Waals surface area contributed by atoms with Gasteiger partial charge in [-0.15, -0.1) is 0 Å². The lowest BCUT2D eigenvalue weighted by Gasteiger charge is -2.32. The predicted octanol–water partition coefficient (Wildman–Crippen LogP) is 3.54. The molecular weight excluding hydrogens is 358 g/mol. The molecule has 2 atom stereocenters. The molecule has 0 saturated carbocycles. The van der Waals surface area contributed by atoms with Crippen LogP contribution in [0, 0.1) is 0 Å². The van der Waals surface area contributed by atoms with Crippen LogP contribution in [0.5, 0.6) is 0 Å². The average Bonchev–Trinajstić information content (AvgIpc) is 3.19.